The zero-order valence-electron chi connectivity index (χ0n) is 10.8. The highest BCUT2D eigenvalue weighted by atomic mass is 79.9. The molecule has 18 heavy (non-hydrogen) atoms. The summed E-state index contributed by atoms with van der Waals surface area (Å²) in [5, 5.41) is 3.41. The lowest BCUT2D eigenvalue weighted by Crippen LogP contribution is -2.35. The van der Waals surface area contributed by atoms with Gasteiger partial charge in [0.05, 0.1) is 15.8 Å². The summed E-state index contributed by atoms with van der Waals surface area (Å²) in [7, 11) is 0. The van der Waals surface area contributed by atoms with Crippen LogP contribution < -0.4 is 11.1 Å². The van der Waals surface area contributed by atoms with Gasteiger partial charge in [-0.2, -0.15) is 0 Å². The topological polar surface area (TPSA) is 38.0 Å². The average Bonchev–Trinajstić information content (AvgIpc) is 2.32. The smallest absolute Gasteiger partial charge is 0.139 e. The second-order valence-electron chi connectivity index (χ2n) is 5.37. The maximum atomic E-state index is 13.5. The Morgan fingerprint density at radius 3 is 2.78 bits per heavy atom. The van der Waals surface area contributed by atoms with E-state index in [0.29, 0.717) is 33.7 Å². The van der Waals surface area contributed by atoms with Crippen LogP contribution in [0.25, 0.3) is 0 Å². The van der Waals surface area contributed by atoms with Crippen LogP contribution in [0.1, 0.15) is 33.1 Å². The Bertz CT molecular complexity index is 436. The fourth-order valence-electron chi connectivity index (χ4n) is 2.67. The van der Waals surface area contributed by atoms with Crippen molar-refractivity contribution in [1.29, 1.82) is 0 Å². The Morgan fingerprint density at radius 2 is 2.06 bits per heavy atom. The summed E-state index contributed by atoms with van der Waals surface area (Å²) < 4.78 is 14.0. The average molecular weight is 315 g/mol. The molecule has 0 heterocycles. The first-order valence-electron chi connectivity index (χ1n) is 6.50. The van der Waals surface area contributed by atoms with Crippen LogP contribution in [0.4, 0.5) is 15.8 Å². The SMILES string of the molecule is CC1CCCC(Nc2cc(F)c(Br)cc2N)C1C. The van der Waals surface area contributed by atoms with Crippen molar-refractivity contribution in [3.05, 3.63) is 22.4 Å². The van der Waals surface area contributed by atoms with Crippen molar-refractivity contribution in [2.45, 2.75) is 39.2 Å². The van der Waals surface area contributed by atoms with Crippen LogP contribution in [0.15, 0.2) is 16.6 Å². The van der Waals surface area contributed by atoms with E-state index in [2.05, 4.69) is 35.1 Å². The lowest BCUT2D eigenvalue weighted by atomic mass is 9.78. The molecule has 3 atom stereocenters. The number of anilines is 2. The minimum absolute atomic E-state index is 0.275. The molecule has 0 aliphatic heterocycles. The van der Waals surface area contributed by atoms with Gasteiger partial charge in [-0.05, 0) is 40.3 Å². The van der Waals surface area contributed by atoms with Gasteiger partial charge in [0, 0.05) is 12.1 Å². The van der Waals surface area contributed by atoms with Gasteiger partial charge in [-0.3, -0.25) is 0 Å². The Balaban J connectivity index is 2.16. The summed E-state index contributed by atoms with van der Waals surface area (Å²) in [5.74, 6) is 1.02. The van der Waals surface area contributed by atoms with Gasteiger partial charge in [0.2, 0.25) is 0 Å². The first-order valence-corrected chi connectivity index (χ1v) is 7.29. The molecule has 0 amide bonds. The normalized spacial score (nSPS) is 28.1. The van der Waals surface area contributed by atoms with Gasteiger partial charge in [-0.25, -0.2) is 4.39 Å². The van der Waals surface area contributed by atoms with Crippen molar-refractivity contribution in [1.82, 2.24) is 0 Å². The summed E-state index contributed by atoms with van der Waals surface area (Å²) in [4.78, 5) is 0. The minimum Gasteiger partial charge on any atom is -0.397 e. The van der Waals surface area contributed by atoms with E-state index in [1.807, 2.05) is 0 Å². The van der Waals surface area contributed by atoms with Crippen LogP contribution in [0.3, 0.4) is 0 Å². The van der Waals surface area contributed by atoms with Gasteiger partial charge in [-0.1, -0.05) is 26.7 Å². The van der Waals surface area contributed by atoms with Crippen molar-refractivity contribution >= 4 is 27.3 Å². The number of nitrogens with two attached hydrogens (primary N) is 1. The first-order chi connectivity index (χ1) is 8.49. The number of nitrogens with one attached hydrogen (secondary N) is 1. The van der Waals surface area contributed by atoms with Gasteiger partial charge in [0.15, 0.2) is 0 Å². The summed E-state index contributed by atoms with van der Waals surface area (Å²) in [5.41, 5.74) is 7.23. The molecule has 2 rings (SSSR count). The molecule has 1 aliphatic rings. The Kier molecular flexibility index (Phi) is 4.15. The van der Waals surface area contributed by atoms with Crippen molar-refractivity contribution in [2.75, 3.05) is 11.1 Å². The van der Waals surface area contributed by atoms with Crippen LogP contribution in [0.2, 0.25) is 0 Å². The molecular formula is C14H20BrFN2. The molecule has 1 aromatic rings. The highest BCUT2D eigenvalue weighted by molar-refractivity contribution is 9.10. The van der Waals surface area contributed by atoms with E-state index in [1.165, 1.54) is 18.9 Å². The third kappa shape index (κ3) is 2.79. The fraction of sp³-hybridized carbons (Fsp3) is 0.571. The van der Waals surface area contributed by atoms with Gasteiger partial charge in [-0.15, -0.1) is 0 Å². The number of hydrogen-bond acceptors (Lipinski definition) is 2. The molecule has 0 radical (unpaired) electrons. The molecule has 0 aromatic heterocycles. The molecule has 3 N–H and O–H groups in total. The van der Waals surface area contributed by atoms with E-state index in [1.54, 1.807) is 6.07 Å². The predicted molar refractivity (Wildman–Crippen MR) is 78.1 cm³/mol. The summed E-state index contributed by atoms with van der Waals surface area (Å²) in [6.45, 7) is 4.54. The maximum Gasteiger partial charge on any atom is 0.139 e. The molecule has 1 aliphatic carbocycles. The molecule has 0 spiro atoms. The van der Waals surface area contributed by atoms with Crippen molar-refractivity contribution in [3.8, 4) is 0 Å². The monoisotopic (exact) mass is 314 g/mol. The number of nitrogen functional groups attached to an aromatic ring is 1. The molecule has 1 fully saturated rings. The number of hydrogen-bond donors (Lipinski definition) is 2. The minimum atomic E-state index is -0.275. The lowest BCUT2D eigenvalue weighted by Gasteiger charge is -2.35. The second-order valence-corrected chi connectivity index (χ2v) is 6.23. The molecule has 1 aromatic carbocycles. The van der Waals surface area contributed by atoms with E-state index < -0.39 is 0 Å². The number of halogens is 2. The zero-order chi connectivity index (χ0) is 13.3. The highest BCUT2D eigenvalue weighted by Crippen LogP contribution is 2.34. The van der Waals surface area contributed by atoms with Crippen LogP contribution in [0.5, 0.6) is 0 Å². The fourth-order valence-corrected chi connectivity index (χ4v) is 3.03. The van der Waals surface area contributed by atoms with E-state index in [4.69, 9.17) is 5.73 Å². The van der Waals surface area contributed by atoms with Gasteiger partial charge >= 0.3 is 0 Å². The van der Waals surface area contributed by atoms with Crippen LogP contribution in [-0.4, -0.2) is 6.04 Å². The standard InChI is InChI=1S/C14H20BrFN2/c1-8-4-3-5-13(9(8)2)18-14-7-11(16)10(15)6-12(14)17/h6-9,13,18H,3-5,17H2,1-2H3. The van der Waals surface area contributed by atoms with E-state index in [-0.39, 0.29) is 5.82 Å². The van der Waals surface area contributed by atoms with Crippen molar-refractivity contribution < 1.29 is 4.39 Å². The molecule has 0 bridgehead atoms. The molecule has 4 heteroatoms. The summed E-state index contributed by atoms with van der Waals surface area (Å²) >= 11 is 3.14. The molecule has 2 nitrogen and oxygen atoms in total. The molecule has 0 saturated heterocycles. The third-order valence-corrected chi connectivity index (χ3v) is 4.75. The molecule has 100 valence electrons. The highest BCUT2D eigenvalue weighted by Gasteiger charge is 2.27. The van der Waals surface area contributed by atoms with Gasteiger partial charge < -0.3 is 11.1 Å². The molecular weight excluding hydrogens is 295 g/mol. The van der Waals surface area contributed by atoms with E-state index in [0.717, 1.165) is 6.42 Å². The van der Waals surface area contributed by atoms with Gasteiger partial charge in [0.1, 0.15) is 5.82 Å². The van der Waals surface area contributed by atoms with E-state index >= 15 is 0 Å². The van der Waals surface area contributed by atoms with Crippen LogP contribution in [0, 0.1) is 17.7 Å². The zero-order valence-corrected chi connectivity index (χ0v) is 12.4. The summed E-state index contributed by atoms with van der Waals surface area (Å²) in [6.07, 6.45) is 3.63. The number of rotatable bonds is 2. The quantitative estimate of drug-likeness (QED) is 0.794. The van der Waals surface area contributed by atoms with Crippen molar-refractivity contribution in [2.24, 2.45) is 11.8 Å². The largest absolute Gasteiger partial charge is 0.397 e. The first kappa shape index (κ1) is 13.7. The Labute approximate surface area is 116 Å². The van der Waals surface area contributed by atoms with Crippen LogP contribution in [-0.2, 0) is 0 Å². The number of benzene rings is 1. The molecule has 3 unspecified atom stereocenters. The van der Waals surface area contributed by atoms with Crippen molar-refractivity contribution in [3.63, 3.8) is 0 Å². The van der Waals surface area contributed by atoms with Gasteiger partial charge in [0.25, 0.3) is 0 Å². The predicted octanol–water partition coefficient (Wildman–Crippen LogP) is 4.41. The van der Waals surface area contributed by atoms with E-state index in [9.17, 15) is 4.39 Å². The van der Waals surface area contributed by atoms with Crippen LogP contribution >= 0.6 is 15.9 Å². The Morgan fingerprint density at radius 1 is 1.33 bits per heavy atom. The lowest BCUT2D eigenvalue weighted by molar-refractivity contribution is 0.253. The third-order valence-electron chi connectivity index (χ3n) is 4.14. The second kappa shape index (κ2) is 5.47. The summed E-state index contributed by atoms with van der Waals surface area (Å²) in [6, 6.07) is 3.48. The maximum absolute atomic E-state index is 13.5. The molecule has 1 saturated carbocycles. The Hall–Kier alpha value is -0.770.